The maximum absolute atomic E-state index is 3.75. The van der Waals surface area contributed by atoms with Crippen LogP contribution < -0.4 is 0 Å². The number of rotatable bonds is 7. The first-order valence-corrected chi connectivity index (χ1v) is 13.3. The lowest BCUT2D eigenvalue weighted by Gasteiger charge is -2.37. The third kappa shape index (κ3) is 7.11. The van der Waals surface area contributed by atoms with Gasteiger partial charge >= 0.3 is 0 Å². The Labute approximate surface area is 177 Å². The van der Waals surface area contributed by atoms with Gasteiger partial charge in [0.25, 0.3) is 0 Å². The lowest BCUT2D eigenvalue weighted by molar-refractivity contribution is 0.153. The molecule has 0 heterocycles. The highest BCUT2D eigenvalue weighted by atomic mass is 14.4. The van der Waals surface area contributed by atoms with E-state index in [9.17, 15) is 0 Å². The summed E-state index contributed by atoms with van der Waals surface area (Å²) in [6.07, 6.45) is 26.2. The van der Waals surface area contributed by atoms with E-state index < -0.39 is 0 Å². The third-order valence-corrected chi connectivity index (χ3v) is 8.58. The molecule has 0 unspecified atom stereocenters. The van der Waals surface area contributed by atoms with Gasteiger partial charge in [0.1, 0.15) is 0 Å². The van der Waals surface area contributed by atoms with Crippen molar-refractivity contribution in [3.63, 3.8) is 0 Å². The standard InChI is InChI=1S/C28H48/c1-3-5-6-8-24-15-19-27(20-16-24)28-21-17-26(18-22-28)14-13-25-11-9-23(7-4-2)10-12-25/h23-28H,3-12,15-22H2,1-2H3. The fraction of sp³-hybridized carbons (Fsp3) is 0.929. The molecule has 160 valence electrons. The van der Waals surface area contributed by atoms with Crippen molar-refractivity contribution < 1.29 is 0 Å². The Bertz CT molecular complexity index is 456. The second-order valence-corrected chi connectivity index (χ2v) is 10.7. The van der Waals surface area contributed by atoms with Crippen LogP contribution in [0.4, 0.5) is 0 Å². The fourth-order valence-corrected chi connectivity index (χ4v) is 6.61. The maximum atomic E-state index is 3.75. The molecule has 3 aliphatic rings. The van der Waals surface area contributed by atoms with Crippen LogP contribution in [0.15, 0.2) is 0 Å². The van der Waals surface area contributed by atoms with Crippen LogP contribution >= 0.6 is 0 Å². The molecule has 3 rings (SSSR count). The smallest absolute Gasteiger partial charge is 0.0203 e. The molecule has 3 fully saturated rings. The predicted molar refractivity (Wildman–Crippen MR) is 123 cm³/mol. The van der Waals surface area contributed by atoms with Crippen molar-refractivity contribution in [3.05, 3.63) is 0 Å². The van der Waals surface area contributed by atoms with Crippen LogP contribution in [0.2, 0.25) is 0 Å². The monoisotopic (exact) mass is 384 g/mol. The minimum atomic E-state index is 0.730. The highest BCUT2D eigenvalue weighted by Gasteiger charge is 2.30. The zero-order valence-electron chi connectivity index (χ0n) is 19.2. The molecule has 0 nitrogen and oxygen atoms in total. The minimum Gasteiger partial charge on any atom is -0.0996 e. The molecule has 0 N–H and O–H groups in total. The molecule has 3 saturated carbocycles. The van der Waals surface area contributed by atoms with E-state index in [0.717, 1.165) is 35.5 Å². The summed E-state index contributed by atoms with van der Waals surface area (Å²) in [4.78, 5) is 0. The molecule has 0 aliphatic heterocycles. The van der Waals surface area contributed by atoms with Crippen LogP contribution in [0.25, 0.3) is 0 Å². The topological polar surface area (TPSA) is 0 Å². The van der Waals surface area contributed by atoms with Crippen LogP contribution in [0.1, 0.15) is 129 Å². The van der Waals surface area contributed by atoms with E-state index in [-0.39, 0.29) is 0 Å². The van der Waals surface area contributed by atoms with E-state index in [0.29, 0.717) is 0 Å². The Balaban J connectivity index is 1.31. The minimum absolute atomic E-state index is 0.730. The fourth-order valence-electron chi connectivity index (χ4n) is 6.61. The van der Waals surface area contributed by atoms with Gasteiger partial charge in [0.2, 0.25) is 0 Å². The van der Waals surface area contributed by atoms with Gasteiger partial charge < -0.3 is 0 Å². The molecule has 0 spiro atoms. The largest absolute Gasteiger partial charge is 0.0996 e. The summed E-state index contributed by atoms with van der Waals surface area (Å²) in [7, 11) is 0. The zero-order valence-corrected chi connectivity index (χ0v) is 19.2. The van der Waals surface area contributed by atoms with Crippen LogP contribution in [0.5, 0.6) is 0 Å². The molecule has 0 atom stereocenters. The number of hydrogen-bond acceptors (Lipinski definition) is 0. The highest BCUT2D eigenvalue weighted by molar-refractivity contribution is 5.09. The molecule has 0 amide bonds. The molecular weight excluding hydrogens is 336 g/mol. The molecule has 0 saturated heterocycles. The first-order chi connectivity index (χ1) is 13.8. The summed E-state index contributed by atoms with van der Waals surface area (Å²) in [5, 5.41) is 0. The predicted octanol–water partition coefficient (Wildman–Crippen LogP) is 8.79. The van der Waals surface area contributed by atoms with E-state index in [1.807, 2.05) is 0 Å². The van der Waals surface area contributed by atoms with Crippen LogP contribution in [0, 0.1) is 47.3 Å². The van der Waals surface area contributed by atoms with Gasteiger partial charge in [0, 0.05) is 11.8 Å². The van der Waals surface area contributed by atoms with Crippen molar-refractivity contribution in [2.75, 3.05) is 0 Å². The highest BCUT2D eigenvalue weighted by Crippen LogP contribution is 2.42. The zero-order chi connectivity index (χ0) is 19.6. The molecule has 0 aromatic carbocycles. The van der Waals surface area contributed by atoms with E-state index in [4.69, 9.17) is 0 Å². The Morgan fingerprint density at radius 3 is 1.50 bits per heavy atom. The van der Waals surface area contributed by atoms with Crippen molar-refractivity contribution in [1.82, 2.24) is 0 Å². The van der Waals surface area contributed by atoms with Crippen molar-refractivity contribution in [3.8, 4) is 11.8 Å². The molecule has 0 aromatic rings. The van der Waals surface area contributed by atoms with Gasteiger partial charge in [-0.1, -0.05) is 77.1 Å². The molecule has 0 heteroatoms. The van der Waals surface area contributed by atoms with Gasteiger partial charge in [-0.05, 0) is 87.9 Å². The van der Waals surface area contributed by atoms with E-state index >= 15 is 0 Å². The van der Waals surface area contributed by atoms with Crippen molar-refractivity contribution in [2.24, 2.45) is 35.5 Å². The average molecular weight is 385 g/mol. The number of hydrogen-bond donors (Lipinski definition) is 0. The summed E-state index contributed by atoms with van der Waals surface area (Å²) < 4.78 is 0. The van der Waals surface area contributed by atoms with Crippen molar-refractivity contribution in [2.45, 2.75) is 129 Å². The molecular formula is C28H48. The SMILES string of the molecule is CCCCCC1CCC(C2CCC(C#CC3CCC(CCC)CC3)CC2)CC1. The molecule has 3 aliphatic carbocycles. The van der Waals surface area contributed by atoms with Crippen LogP contribution in [-0.4, -0.2) is 0 Å². The van der Waals surface area contributed by atoms with Crippen molar-refractivity contribution in [1.29, 1.82) is 0 Å². The lowest BCUT2D eigenvalue weighted by Crippen LogP contribution is -2.25. The summed E-state index contributed by atoms with van der Waals surface area (Å²) in [5.41, 5.74) is 0. The van der Waals surface area contributed by atoms with Crippen LogP contribution in [0.3, 0.4) is 0 Å². The second kappa shape index (κ2) is 12.3. The Kier molecular flexibility index (Phi) is 9.77. The maximum Gasteiger partial charge on any atom is 0.0203 e. The van der Waals surface area contributed by atoms with E-state index in [1.54, 1.807) is 12.8 Å². The Morgan fingerprint density at radius 2 is 0.964 bits per heavy atom. The Hall–Kier alpha value is -0.440. The molecule has 0 bridgehead atoms. The van der Waals surface area contributed by atoms with Gasteiger partial charge in [-0.25, -0.2) is 0 Å². The van der Waals surface area contributed by atoms with Crippen LogP contribution in [-0.2, 0) is 0 Å². The quantitative estimate of drug-likeness (QED) is 0.304. The average Bonchev–Trinajstić information content (AvgIpc) is 2.75. The van der Waals surface area contributed by atoms with Gasteiger partial charge in [0.15, 0.2) is 0 Å². The van der Waals surface area contributed by atoms with Gasteiger partial charge in [0.05, 0.1) is 0 Å². The van der Waals surface area contributed by atoms with E-state index in [1.165, 1.54) is 103 Å². The van der Waals surface area contributed by atoms with E-state index in [2.05, 4.69) is 25.7 Å². The first kappa shape index (κ1) is 22.2. The number of unbranched alkanes of at least 4 members (excludes halogenated alkanes) is 2. The van der Waals surface area contributed by atoms with Gasteiger partial charge in [-0.3, -0.25) is 0 Å². The molecule has 0 aromatic heterocycles. The third-order valence-electron chi connectivity index (χ3n) is 8.58. The molecule has 0 radical (unpaired) electrons. The lowest BCUT2D eigenvalue weighted by atomic mass is 9.68. The summed E-state index contributed by atoms with van der Waals surface area (Å²) in [6.45, 7) is 4.66. The van der Waals surface area contributed by atoms with Crippen molar-refractivity contribution >= 4 is 0 Å². The summed E-state index contributed by atoms with van der Waals surface area (Å²) in [5.74, 6) is 13.1. The summed E-state index contributed by atoms with van der Waals surface area (Å²) >= 11 is 0. The Morgan fingerprint density at radius 1 is 0.500 bits per heavy atom. The van der Waals surface area contributed by atoms with Gasteiger partial charge in [-0.15, -0.1) is 0 Å². The summed E-state index contributed by atoms with van der Waals surface area (Å²) in [6, 6.07) is 0. The second-order valence-electron chi connectivity index (χ2n) is 10.7. The first-order valence-electron chi connectivity index (χ1n) is 13.3. The molecule has 28 heavy (non-hydrogen) atoms. The van der Waals surface area contributed by atoms with Gasteiger partial charge in [-0.2, -0.15) is 0 Å². The normalized spacial score (nSPS) is 36.5.